The Hall–Kier alpha value is -1.25. The van der Waals surface area contributed by atoms with Gasteiger partial charge in [0.2, 0.25) is 5.91 Å². The number of aromatic nitrogens is 2. The zero-order valence-electron chi connectivity index (χ0n) is 15.5. The van der Waals surface area contributed by atoms with Crippen molar-refractivity contribution >= 4 is 24.4 Å². The Balaban J connectivity index is 1.54. The lowest BCUT2D eigenvalue weighted by Crippen LogP contribution is -2.51. The second kappa shape index (κ2) is 7.97. The minimum Gasteiger partial charge on any atom is -0.354 e. The van der Waals surface area contributed by atoms with Gasteiger partial charge in [-0.25, -0.2) is 4.68 Å². The first-order valence-corrected chi connectivity index (χ1v) is 9.79. The second-order valence-corrected chi connectivity index (χ2v) is 7.29. The molecule has 2 fully saturated rings. The van der Waals surface area contributed by atoms with Gasteiger partial charge in [0, 0.05) is 58.4 Å². The Morgan fingerprint density at radius 2 is 2.12 bits per heavy atom. The van der Waals surface area contributed by atoms with Crippen LogP contribution in [-0.4, -0.2) is 83.2 Å². The predicted molar refractivity (Wildman–Crippen MR) is 103 cm³/mol. The van der Waals surface area contributed by atoms with E-state index in [1.807, 2.05) is 7.05 Å². The smallest absolute Gasteiger partial charge is 0.240 e. The van der Waals surface area contributed by atoms with Crippen molar-refractivity contribution in [1.29, 1.82) is 0 Å². The summed E-state index contributed by atoms with van der Waals surface area (Å²) in [6.45, 7) is 10.1. The molecule has 1 aromatic heterocycles. The molecule has 0 radical (unpaired) electrons. The summed E-state index contributed by atoms with van der Waals surface area (Å²) in [6.07, 6.45) is 0.892. The van der Waals surface area contributed by atoms with Gasteiger partial charge >= 0.3 is 0 Å². The molecule has 3 heterocycles. The molecule has 1 amide bonds. The average molecular weight is 367 g/mol. The Bertz CT molecular complexity index is 598. The summed E-state index contributed by atoms with van der Waals surface area (Å²) >= 11 is 4.19. The summed E-state index contributed by atoms with van der Waals surface area (Å²) in [5, 5.41) is 7.95. The molecule has 0 bridgehead atoms. The summed E-state index contributed by atoms with van der Waals surface area (Å²) < 4.78 is 2.09. The van der Waals surface area contributed by atoms with Gasteiger partial charge in [-0.05, 0) is 20.3 Å². The van der Waals surface area contributed by atoms with Crippen LogP contribution in [0.1, 0.15) is 19.0 Å². The number of carbonyl (C=O) groups excluding carboxylic acids is 1. The summed E-state index contributed by atoms with van der Waals surface area (Å²) in [5.41, 5.74) is 1.08. The van der Waals surface area contributed by atoms with Gasteiger partial charge in [-0.1, -0.05) is 0 Å². The number of likely N-dealkylation sites (N-methyl/N-ethyl adjacent to an activating group) is 1. The number of carbonyl (C=O) groups is 1. The van der Waals surface area contributed by atoms with Gasteiger partial charge in [0.1, 0.15) is 5.82 Å². The normalized spacial score (nSPS) is 24.7. The van der Waals surface area contributed by atoms with Crippen molar-refractivity contribution < 1.29 is 4.79 Å². The van der Waals surface area contributed by atoms with E-state index in [2.05, 4.69) is 57.4 Å². The fourth-order valence-electron chi connectivity index (χ4n) is 3.85. The van der Waals surface area contributed by atoms with Crippen LogP contribution in [0.4, 0.5) is 5.82 Å². The highest BCUT2D eigenvalue weighted by Crippen LogP contribution is 2.21. The molecule has 1 aromatic rings. The van der Waals surface area contributed by atoms with E-state index < -0.39 is 0 Å². The Morgan fingerprint density at radius 1 is 1.40 bits per heavy atom. The van der Waals surface area contributed by atoms with Crippen LogP contribution in [0.3, 0.4) is 0 Å². The van der Waals surface area contributed by atoms with Gasteiger partial charge in [0.05, 0.1) is 17.6 Å². The minimum absolute atomic E-state index is 0.0654. The highest BCUT2D eigenvalue weighted by atomic mass is 32.1. The first kappa shape index (κ1) is 18.5. The third-order valence-corrected chi connectivity index (χ3v) is 5.75. The quantitative estimate of drug-likeness (QED) is 0.584. The summed E-state index contributed by atoms with van der Waals surface area (Å²) in [6, 6.07) is 2.56. The van der Waals surface area contributed by atoms with Crippen LogP contribution < -0.4 is 10.2 Å². The van der Waals surface area contributed by atoms with Gasteiger partial charge in [0.25, 0.3) is 0 Å². The first-order valence-electron chi connectivity index (χ1n) is 9.16. The molecule has 2 aliphatic heterocycles. The van der Waals surface area contributed by atoms with Crippen molar-refractivity contribution in [2.75, 3.05) is 50.5 Å². The molecule has 0 aliphatic carbocycles. The highest BCUT2D eigenvalue weighted by Gasteiger charge is 2.35. The van der Waals surface area contributed by atoms with E-state index in [9.17, 15) is 4.79 Å². The summed E-state index contributed by atoms with van der Waals surface area (Å²) in [4.78, 5) is 18.9. The van der Waals surface area contributed by atoms with Gasteiger partial charge in [-0.15, -0.1) is 0 Å². The summed E-state index contributed by atoms with van der Waals surface area (Å²) in [5.74, 6) is 1.84. The molecule has 2 aliphatic rings. The fourth-order valence-corrected chi connectivity index (χ4v) is 3.99. The lowest BCUT2D eigenvalue weighted by molar-refractivity contribution is -0.130. The molecule has 0 spiro atoms. The first-order chi connectivity index (χ1) is 12.0. The number of anilines is 1. The molecule has 0 aromatic carbocycles. The number of nitrogens with zero attached hydrogens (tertiary/aromatic N) is 5. The van der Waals surface area contributed by atoms with Gasteiger partial charge < -0.3 is 15.1 Å². The van der Waals surface area contributed by atoms with Gasteiger partial charge in [-0.2, -0.15) is 17.7 Å². The molecule has 140 valence electrons. The predicted octanol–water partition coefficient (Wildman–Crippen LogP) is 0.410. The van der Waals surface area contributed by atoms with Gasteiger partial charge in [0.15, 0.2) is 0 Å². The molecule has 2 saturated heterocycles. The van der Waals surface area contributed by atoms with E-state index in [0.29, 0.717) is 11.9 Å². The van der Waals surface area contributed by atoms with Crippen LogP contribution in [-0.2, 0) is 11.3 Å². The average Bonchev–Trinajstić information content (AvgIpc) is 3.27. The third kappa shape index (κ3) is 3.96. The maximum absolute atomic E-state index is 12.3. The van der Waals surface area contributed by atoms with Crippen molar-refractivity contribution in [2.24, 2.45) is 0 Å². The molecule has 3 rings (SSSR count). The lowest BCUT2D eigenvalue weighted by Gasteiger charge is -2.38. The maximum Gasteiger partial charge on any atom is 0.240 e. The van der Waals surface area contributed by atoms with Crippen molar-refractivity contribution in [2.45, 2.75) is 38.9 Å². The van der Waals surface area contributed by atoms with E-state index >= 15 is 0 Å². The standard InChI is InChI=1S/C17H30N6OS/c1-4-23-16(9-13(2)19-23)22-7-5-21(6-8-22)14-10-15(18-11-14)17(24)20(3)12-25/h9,14-15,18,25H,4-8,10-12H2,1-3H3. The molecule has 2 unspecified atom stereocenters. The lowest BCUT2D eigenvalue weighted by atomic mass is 10.1. The molecular formula is C17H30N6OS. The van der Waals surface area contributed by atoms with Crippen molar-refractivity contribution in [3.63, 3.8) is 0 Å². The zero-order chi connectivity index (χ0) is 18.0. The fraction of sp³-hybridized carbons (Fsp3) is 0.765. The van der Waals surface area contributed by atoms with Crippen molar-refractivity contribution in [3.8, 4) is 0 Å². The van der Waals surface area contributed by atoms with Gasteiger partial charge in [-0.3, -0.25) is 9.69 Å². The Labute approximate surface area is 155 Å². The topological polar surface area (TPSA) is 56.6 Å². The molecule has 7 nitrogen and oxygen atoms in total. The van der Waals surface area contributed by atoms with Crippen molar-refractivity contribution in [3.05, 3.63) is 11.8 Å². The van der Waals surface area contributed by atoms with E-state index in [-0.39, 0.29) is 11.9 Å². The van der Waals surface area contributed by atoms with E-state index in [1.165, 1.54) is 5.82 Å². The molecule has 8 heteroatoms. The van der Waals surface area contributed by atoms with E-state index in [1.54, 1.807) is 4.90 Å². The van der Waals surface area contributed by atoms with Crippen LogP contribution in [0.25, 0.3) is 0 Å². The summed E-state index contributed by atoms with van der Waals surface area (Å²) in [7, 11) is 1.81. The molecule has 2 atom stereocenters. The van der Waals surface area contributed by atoms with Crippen LogP contribution in [0.2, 0.25) is 0 Å². The SMILES string of the molecule is CCn1nc(C)cc1N1CCN(C2CNC(C(=O)N(C)CS)C2)CC1. The second-order valence-electron chi connectivity index (χ2n) is 7.01. The number of nitrogens with one attached hydrogen (secondary N) is 1. The minimum atomic E-state index is -0.0654. The number of hydrogen-bond acceptors (Lipinski definition) is 6. The molecular weight excluding hydrogens is 336 g/mol. The number of aryl methyl sites for hydroxylation is 2. The molecule has 25 heavy (non-hydrogen) atoms. The maximum atomic E-state index is 12.3. The van der Waals surface area contributed by atoms with E-state index in [4.69, 9.17) is 0 Å². The zero-order valence-corrected chi connectivity index (χ0v) is 16.4. The monoisotopic (exact) mass is 366 g/mol. The Morgan fingerprint density at radius 3 is 2.76 bits per heavy atom. The van der Waals surface area contributed by atoms with Crippen LogP contribution in [0.5, 0.6) is 0 Å². The number of thiol groups is 1. The van der Waals surface area contributed by atoms with Crippen molar-refractivity contribution in [1.82, 2.24) is 24.9 Å². The molecule has 1 N–H and O–H groups in total. The largest absolute Gasteiger partial charge is 0.354 e. The highest BCUT2D eigenvalue weighted by molar-refractivity contribution is 7.80. The van der Waals surface area contributed by atoms with Crippen LogP contribution in [0, 0.1) is 6.92 Å². The molecule has 0 saturated carbocycles. The van der Waals surface area contributed by atoms with E-state index in [0.717, 1.165) is 51.4 Å². The number of rotatable bonds is 5. The Kier molecular flexibility index (Phi) is 5.91. The number of amides is 1. The number of hydrogen-bond donors (Lipinski definition) is 2. The number of piperazine rings is 1. The third-order valence-electron chi connectivity index (χ3n) is 5.33. The van der Waals surface area contributed by atoms with Crippen LogP contribution in [0.15, 0.2) is 6.07 Å². The van der Waals surface area contributed by atoms with Crippen LogP contribution >= 0.6 is 12.6 Å².